The van der Waals surface area contributed by atoms with Gasteiger partial charge >= 0.3 is 0 Å². The first-order valence-electron chi connectivity index (χ1n) is 16.3. The van der Waals surface area contributed by atoms with Gasteiger partial charge in [0.15, 0.2) is 0 Å². The van der Waals surface area contributed by atoms with Crippen LogP contribution in [0.1, 0.15) is 0 Å². The molecule has 3 aromatic heterocycles. The molecule has 0 unspecified atom stereocenters. The maximum Gasteiger partial charge on any atom is 0.0794 e. The van der Waals surface area contributed by atoms with Crippen LogP contribution < -0.4 is 0 Å². The van der Waals surface area contributed by atoms with Crippen LogP contribution in [0.25, 0.3) is 98.4 Å². The first-order chi connectivity index (χ1) is 23.8. The number of hydrogen-bond donors (Lipinski definition) is 0. The van der Waals surface area contributed by atoms with Crippen molar-refractivity contribution in [3.8, 4) is 33.5 Å². The van der Waals surface area contributed by atoms with Crippen LogP contribution in [0.4, 0.5) is 0 Å². The lowest BCUT2D eigenvalue weighted by atomic mass is 9.85. The van der Waals surface area contributed by atoms with Crippen LogP contribution in [0, 0.1) is 0 Å². The van der Waals surface area contributed by atoms with Gasteiger partial charge in [0.05, 0.1) is 16.7 Å². The Hall–Kier alpha value is -6.45. The fourth-order valence-corrected chi connectivity index (χ4v) is 7.77. The lowest BCUT2D eigenvalue weighted by Gasteiger charge is -2.19. The van der Waals surface area contributed by atoms with Crippen LogP contribution in [0.2, 0.25) is 0 Å². The fraction of sp³-hybridized carbons (Fsp3) is 0. The molecule has 0 amide bonds. The molecule has 0 atom stereocenters. The van der Waals surface area contributed by atoms with Crippen molar-refractivity contribution in [1.29, 1.82) is 0 Å². The monoisotopic (exact) mass is 609 g/mol. The fourth-order valence-electron chi connectivity index (χ4n) is 7.77. The van der Waals surface area contributed by atoms with Crippen molar-refractivity contribution in [3.63, 3.8) is 0 Å². The van der Waals surface area contributed by atoms with Crippen molar-refractivity contribution in [2.45, 2.75) is 0 Å². The van der Waals surface area contributed by atoms with E-state index in [9.17, 15) is 0 Å². The predicted octanol–water partition coefficient (Wildman–Crippen LogP) is 11.8. The Balaban J connectivity index is 1.36. The summed E-state index contributed by atoms with van der Waals surface area (Å²) in [4.78, 5) is 14.7. The van der Waals surface area contributed by atoms with Gasteiger partial charge in [-0.3, -0.25) is 9.97 Å². The molecule has 0 saturated heterocycles. The third kappa shape index (κ3) is 3.91. The molecule has 0 saturated carbocycles. The molecule has 3 heteroatoms. The van der Waals surface area contributed by atoms with Crippen LogP contribution in [-0.4, -0.2) is 15.0 Å². The molecule has 0 aliphatic carbocycles. The van der Waals surface area contributed by atoms with Gasteiger partial charge < -0.3 is 0 Å². The molecule has 48 heavy (non-hydrogen) atoms. The third-order valence-electron chi connectivity index (χ3n) is 9.75. The number of rotatable bonds is 3. The van der Waals surface area contributed by atoms with Crippen molar-refractivity contribution in [2.24, 2.45) is 0 Å². The van der Waals surface area contributed by atoms with Crippen molar-refractivity contribution in [1.82, 2.24) is 15.0 Å². The lowest BCUT2D eigenvalue weighted by molar-refractivity contribution is 1.33. The summed E-state index contributed by atoms with van der Waals surface area (Å²) < 4.78 is 0. The Bertz CT molecular complexity index is 2820. The molecular weight excluding hydrogens is 583 g/mol. The van der Waals surface area contributed by atoms with Gasteiger partial charge in [0.1, 0.15) is 0 Å². The van der Waals surface area contributed by atoms with E-state index in [0.717, 1.165) is 55.0 Å². The molecule has 3 heterocycles. The molecule has 0 N–H and O–H groups in total. The minimum absolute atomic E-state index is 0.964. The van der Waals surface area contributed by atoms with Crippen LogP contribution in [0.3, 0.4) is 0 Å². The summed E-state index contributed by atoms with van der Waals surface area (Å²) in [6.45, 7) is 0. The molecule has 222 valence electrons. The molecule has 0 fully saturated rings. The van der Waals surface area contributed by atoms with E-state index in [1.165, 1.54) is 43.4 Å². The summed E-state index contributed by atoms with van der Waals surface area (Å²) in [7, 11) is 0. The normalized spacial score (nSPS) is 11.8. The number of benzene rings is 7. The summed E-state index contributed by atoms with van der Waals surface area (Å²) in [6.07, 6.45) is 5.64. The predicted molar refractivity (Wildman–Crippen MR) is 201 cm³/mol. The van der Waals surface area contributed by atoms with Gasteiger partial charge in [0, 0.05) is 51.1 Å². The standard InChI is InChI=1S/C45H27N3/c1-2-11-29(12-3-1)44-43-35-17-8-9-18-36(35)45-38(19-10-24-47-45)42(43)37-21-20-30(27-39(37)48-44)41-33-15-6-4-13-31(33)40(28-22-25-46-26-23-28)32-14-5-7-16-34(32)41/h1-27H. The van der Waals surface area contributed by atoms with Crippen molar-refractivity contribution in [3.05, 3.63) is 164 Å². The lowest BCUT2D eigenvalue weighted by Crippen LogP contribution is -1.95. The molecule has 3 nitrogen and oxygen atoms in total. The van der Waals surface area contributed by atoms with Crippen molar-refractivity contribution in [2.75, 3.05) is 0 Å². The highest BCUT2D eigenvalue weighted by atomic mass is 14.7. The van der Waals surface area contributed by atoms with Gasteiger partial charge in [-0.2, -0.15) is 0 Å². The summed E-state index contributed by atoms with van der Waals surface area (Å²) in [5.74, 6) is 0. The smallest absolute Gasteiger partial charge is 0.0794 e. The number of hydrogen-bond acceptors (Lipinski definition) is 3. The number of aromatic nitrogens is 3. The highest BCUT2D eigenvalue weighted by Gasteiger charge is 2.20. The Labute approximate surface area is 276 Å². The molecule has 0 bridgehead atoms. The van der Waals surface area contributed by atoms with E-state index in [1.54, 1.807) is 0 Å². The molecular formula is C45H27N3. The second kappa shape index (κ2) is 10.5. The van der Waals surface area contributed by atoms with E-state index in [2.05, 4.69) is 145 Å². The van der Waals surface area contributed by atoms with Gasteiger partial charge in [0.25, 0.3) is 0 Å². The van der Waals surface area contributed by atoms with Crippen LogP contribution in [0.15, 0.2) is 164 Å². The van der Waals surface area contributed by atoms with Crippen molar-refractivity contribution >= 4 is 64.9 Å². The largest absolute Gasteiger partial charge is 0.265 e. The van der Waals surface area contributed by atoms with Crippen LogP contribution in [0.5, 0.6) is 0 Å². The molecule has 0 spiro atoms. The van der Waals surface area contributed by atoms with Gasteiger partial charge in [0.2, 0.25) is 0 Å². The highest BCUT2D eigenvalue weighted by Crippen LogP contribution is 2.46. The van der Waals surface area contributed by atoms with Gasteiger partial charge in [-0.25, -0.2) is 4.98 Å². The molecule has 10 rings (SSSR count). The summed E-state index contributed by atoms with van der Waals surface area (Å²) >= 11 is 0. The number of nitrogens with zero attached hydrogens (tertiary/aromatic N) is 3. The molecule has 0 aliphatic rings. The Morgan fingerprint density at radius 2 is 0.938 bits per heavy atom. The second-order valence-electron chi connectivity index (χ2n) is 12.3. The quantitative estimate of drug-likeness (QED) is 0.148. The Morgan fingerprint density at radius 1 is 0.354 bits per heavy atom. The van der Waals surface area contributed by atoms with Crippen molar-refractivity contribution < 1.29 is 0 Å². The highest BCUT2D eigenvalue weighted by molar-refractivity contribution is 6.33. The Kier molecular flexibility index (Phi) is 5.87. The molecule has 0 radical (unpaired) electrons. The van der Waals surface area contributed by atoms with E-state index in [1.807, 2.05) is 24.7 Å². The maximum absolute atomic E-state index is 5.51. The first kappa shape index (κ1) is 26.7. The summed E-state index contributed by atoms with van der Waals surface area (Å²) in [6, 6.07) is 52.0. The average Bonchev–Trinajstić information content (AvgIpc) is 3.17. The average molecular weight is 610 g/mol. The minimum atomic E-state index is 0.964. The van der Waals surface area contributed by atoms with Crippen LogP contribution >= 0.6 is 0 Å². The number of fused-ring (bicyclic) bond motifs is 10. The van der Waals surface area contributed by atoms with Gasteiger partial charge in [-0.15, -0.1) is 0 Å². The summed E-state index contributed by atoms with van der Waals surface area (Å²) in [5, 5.41) is 11.8. The second-order valence-corrected chi connectivity index (χ2v) is 12.3. The zero-order valence-corrected chi connectivity index (χ0v) is 25.9. The first-order valence-corrected chi connectivity index (χ1v) is 16.3. The van der Waals surface area contributed by atoms with Gasteiger partial charge in [-0.05, 0) is 73.5 Å². The van der Waals surface area contributed by atoms with Gasteiger partial charge in [-0.1, -0.05) is 121 Å². The van der Waals surface area contributed by atoms with E-state index < -0.39 is 0 Å². The third-order valence-corrected chi connectivity index (χ3v) is 9.75. The molecule has 7 aromatic carbocycles. The maximum atomic E-state index is 5.51. The van der Waals surface area contributed by atoms with E-state index in [-0.39, 0.29) is 0 Å². The zero-order valence-electron chi connectivity index (χ0n) is 25.9. The number of pyridine rings is 3. The SMILES string of the molecule is c1ccc(-c2nc3cc(-c4c5ccccc5c(-c5ccncc5)c5ccccc45)ccc3c3c4cccnc4c4ccccc4c23)cc1. The zero-order chi connectivity index (χ0) is 31.6. The van der Waals surface area contributed by atoms with E-state index in [4.69, 9.17) is 9.97 Å². The molecule has 10 aromatic rings. The minimum Gasteiger partial charge on any atom is -0.265 e. The van der Waals surface area contributed by atoms with Crippen LogP contribution in [-0.2, 0) is 0 Å². The topological polar surface area (TPSA) is 38.7 Å². The van der Waals surface area contributed by atoms with E-state index in [0.29, 0.717) is 0 Å². The molecule has 0 aliphatic heterocycles. The Morgan fingerprint density at radius 3 is 1.62 bits per heavy atom. The van der Waals surface area contributed by atoms with E-state index >= 15 is 0 Å². The summed E-state index contributed by atoms with van der Waals surface area (Å²) in [5.41, 5.74) is 8.82.